The summed E-state index contributed by atoms with van der Waals surface area (Å²) in [6.07, 6.45) is 0. The Labute approximate surface area is 316 Å². The van der Waals surface area contributed by atoms with E-state index in [9.17, 15) is 0 Å². The van der Waals surface area contributed by atoms with Crippen LogP contribution >= 0.6 is 0 Å². The van der Waals surface area contributed by atoms with Crippen LogP contribution in [0, 0.1) is 41.5 Å². The van der Waals surface area contributed by atoms with E-state index < -0.39 is 0 Å². The lowest BCUT2D eigenvalue weighted by Gasteiger charge is -2.13. The summed E-state index contributed by atoms with van der Waals surface area (Å²) in [6, 6.07) is 53.9. The van der Waals surface area contributed by atoms with Crippen LogP contribution in [0.1, 0.15) is 33.4 Å². The SMILES string of the molecule is Cc1cc2ccc3cc(C)cc4ccc(c1)c2c34.Cc1ccc2ccc3c(C)ccc4ccc1c2c43.Cc1ccc2ccc3c(C)ccc4ccc1c2c43. The van der Waals surface area contributed by atoms with Gasteiger partial charge in [-0.15, -0.1) is 0 Å². The monoisotopic (exact) mass is 690 g/mol. The molecule has 12 aromatic carbocycles. The van der Waals surface area contributed by atoms with Crippen molar-refractivity contribution in [3.05, 3.63) is 179 Å². The molecule has 0 bridgehead atoms. The van der Waals surface area contributed by atoms with Crippen molar-refractivity contribution in [2.45, 2.75) is 41.5 Å². The number of rotatable bonds is 0. The van der Waals surface area contributed by atoms with Crippen LogP contribution in [0.3, 0.4) is 0 Å². The van der Waals surface area contributed by atoms with Crippen LogP contribution in [0.25, 0.3) is 97.0 Å². The molecule has 0 amide bonds. The van der Waals surface area contributed by atoms with Gasteiger partial charge in [0.05, 0.1) is 0 Å². The average molecular weight is 691 g/mol. The Bertz CT molecular complexity index is 2930. The van der Waals surface area contributed by atoms with E-state index in [1.807, 2.05) is 0 Å². The predicted octanol–water partition coefficient (Wildman–Crippen LogP) is 15.6. The summed E-state index contributed by atoms with van der Waals surface area (Å²) >= 11 is 0. The molecule has 54 heavy (non-hydrogen) atoms. The fourth-order valence-electron chi connectivity index (χ4n) is 9.33. The van der Waals surface area contributed by atoms with Gasteiger partial charge in [-0.3, -0.25) is 0 Å². The lowest BCUT2D eigenvalue weighted by Crippen LogP contribution is -1.87. The zero-order valence-electron chi connectivity index (χ0n) is 31.9. The normalized spacial score (nSPS) is 11.9. The molecule has 12 aromatic rings. The molecule has 0 aromatic heterocycles. The molecule has 0 aliphatic rings. The fourth-order valence-corrected chi connectivity index (χ4v) is 9.33. The highest BCUT2D eigenvalue weighted by Gasteiger charge is 2.12. The van der Waals surface area contributed by atoms with Crippen molar-refractivity contribution in [1.82, 2.24) is 0 Å². The molecule has 0 saturated carbocycles. The maximum atomic E-state index is 2.28. The molecule has 0 fully saturated rings. The topological polar surface area (TPSA) is 0 Å². The second kappa shape index (κ2) is 12.2. The van der Waals surface area contributed by atoms with Gasteiger partial charge in [-0.1, -0.05) is 146 Å². The van der Waals surface area contributed by atoms with E-state index in [0.717, 1.165) is 0 Å². The zero-order chi connectivity index (χ0) is 36.8. The van der Waals surface area contributed by atoms with Crippen LogP contribution < -0.4 is 0 Å². The van der Waals surface area contributed by atoms with E-state index in [1.165, 1.54) is 130 Å². The third-order valence-corrected chi connectivity index (χ3v) is 12.0. The molecule has 0 atom stereocenters. The minimum Gasteiger partial charge on any atom is -0.0581 e. The van der Waals surface area contributed by atoms with Crippen LogP contribution in [-0.4, -0.2) is 0 Å². The van der Waals surface area contributed by atoms with Crippen molar-refractivity contribution in [2.75, 3.05) is 0 Å². The summed E-state index contributed by atoms with van der Waals surface area (Å²) in [5, 5.41) is 24.9. The number of aryl methyl sites for hydroxylation is 6. The van der Waals surface area contributed by atoms with E-state index in [4.69, 9.17) is 0 Å². The van der Waals surface area contributed by atoms with Gasteiger partial charge in [-0.2, -0.15) is 0 Å². The highest BCUT2D eigenvalue weighted by Crippen LogP contribution is 2.39. The van der Waals surface area contributed by atoms with Gasteiger partial charge in [-0.25, -0.2) is 0 Å². The molecular formula is C54H42. The molecular weight excluding hydrogens is 649 g/mol. The van der Waals surface area contributed by atoms with Crippen LogP contribution in [0.5, 0.6) is 0 Å². The average Bonchev–Trinajstić information content (AvgIpc) is 3.18. The van der Waals surface area contributed by atoms with Crippen LogP contribution in [0.2, 0.25) is 0 Å². The van der Waals surface area contributed by atoms with Crippen molar-refractivity contribution >= 4 is 97.0 Å². The first-order chi connectivity index (χ1) is 26.2. The predicted molar refractivity (Wildman–Crippen MR) is 239 cm³/mol. The van der Waals surface area contributed by atoms with Gasteiger partial charge in [0.2, 0.25) is 0 Å². The van der Waals surface area contributed by atoms with Gasteiger partial charge in [0.25, 0.3) is 0 Å². The summed E-state index contributed by atoms with van der Waals surface area (Å²) in [5.41, 5.74) is 8.10. The minimum absolute atomic E-state index is 1.33. The molecule has 0 aliphatic heterocycles. The third kappa shape index (κ3) is 4.97. The second-order valence-electron chi connectivity index (χ2n) is 15.7. The van der Waals surface area contributed by atoms with Gasteiger partial charge in [-0.05, 0) is 172 Å². The van der Waals surface area contributed by atoms with Crippen molar-refractivity contribution < 1.29 is 0 Å². The Hall–Kier alpha value is -6.24. The standard InChI is InChI=1S/3C18H14/c1-11-7-13-3-5-15-9-12(2)10-16-6-4-14(8-11)17(13)18(15)16;2*1-11-3-5-13-8-10-16-12(2)4-6-14-7-9-15(11)17(13)18(14)16/h3*3-10H,1-2H3. The molecule has 0 saturated heterocycles. The van der Waals surface area contributed by atoms with Crippen LogP contribution in [-0.2, 0) is 0 Å². The minimum atomic E-state index is 1.33. The van der Waals surface area contributed by atoms with Gasteiger partial charge in [0.1, 0.15) is 0 Å². The summed E-state index contributed by atoms with van der Waals surface area (Å²) in [5.74, 6) is 0. The first-order valence-electron chi connectivity index (χ1n) is 19.2. The lowest BCUT2D eigenvalue weighted by molar-refractivity contribution is 1.51. The largest absolute Gasteiger partial charge is 0.0581 e. The number of hydrogen-bond acceptors (Lipinski definition) is 0. The first kappa shape index (κ1) is 32.4. The zero-order valence-corrected chi connectivity index (χ0v) is 31.9. The van der Waals surface area contributed by atoms with E-state index in [2.05, 4.69) is 187 Å². The molecule has 0 unspecified atom stereocenters. The Morgan fingerprint density at radius 3 is 0.648 bits per heavy atom. The number of benzene rings is 12. The molecule has 258 valence electrons. The van der Waals surface area contributed by atoms with E-state index in [1.54, 1.807) is 0 Å². The molecule has 0 spiro atoms. The summed E-state index contributed by atoms with van der Waals surface area (Å²) < 4.78 is 0. The van der Waals surface area contributed by atoms with Crippen molar-refractivity contribution in [3.63, 3.8) is 0 Å². The molecule has 0 radical (unpaired) electrons. The quantitative estimate of drug-likeness (QED) is 0.139. The van der Waals surface area contributed by atoms with E-state index in [-0.39, 0.29) is 0 Å². The summed E-state index contributed by atoms with van der Waals surface area (Å²) in [6.45, 7) is 13.1. The first-order valence-corrected chi connectivity index (χ1v) is 19.2. The molecule has 0 aliphatic carbocycles. The van der Waals surface area contributed by atoms with Gasteiger partial charge in [0, 0.05) is 0 Å². The van der Waals surface area contributed by atoms with Crippen molar-refractivity contribution in [3.8, 4) is 0 Å². The van der Waals surface area contributed by atoms with E-state index >= 15 is 0 Å². The highest BCUT2D eigenvalue weighted by atomic mass is 14.2. The summed E-state index contributed by atoms with van der Waals surface area (Å²) in [7, 11) is 0. The summed E-state index contributed by atoms with van der Waals surface area (Å²) in [4.78, 5) is 0. The lowest BCUT2D eigenvalue weighted by atomic mass is 9.91. The van der Waals surface area contributed by atoms with Gasteiger partial charge in [0.15, 0.2) is 0 Å². The van der Waals surface area contributed by atoms with Crippen molar-refractivity contribution in [1.29, 1.82) is 0 Å². The second-order valence-corrected chi connectivity index (χ2v) is 15.7. The Kier molecular flexibility index (Phi) is 7.29. The van der Waals surface area contributed by atoms with Crippen molar-refractivity contribution in [2.24, 2.45) is 0 Å². The van der Waals surface area contributed by atoms with Crippen LogP contribution in [0.4, 0.5) is 0 Å². The Morgan fingerprint density at radius 2 is 0.407 bits per heavy atom. The molecule has 0 heteroatoms. The maximum absolute atomic E-state index is 2.28. The van der Waals surface area contributed by atoms with Gasteiger partial charge < -0.3 is 0 Å². The van der Waals surface area contributed by atoms with Gasteiger partial charge >= 0.3 is 0 Å². The maximum Gasteiger partial charge on any atom is -0.00240 e. The fraction of sp³-hybridized carbons (Fsp3) is 0.111. The molecule has 0 N–H and O–H groups in total. The Balaban J connectivity index is 0.000000100. The Morgan fingerprint density at radius 1 is 0.204 bits per heavy atom. The number of hydrogen-bond donors (Lipinski definition) is 0. The highest BCUT2D eigenvalue weighted by molar-refractivity contribution is 6.26. The molecule has 0 heterocycles. The smallest absolute Gasteiger partial charge is 0.00240 e. The molecule has 12 rings (SSSR count). The van der Waals surface area contributed by atoms with Crippen LogP contribution in [0.15, 0.2) is 146 Å². The third-order valence-electron chi connectivity index (χ3n) is 12.0. The molecule has 0 nitrogen and oxygen atoms in total. The van der Waals surface area contributed by atoms with E-state index in [0.29, 0.717) is 0 Å².